The van der Waals surface area contributed by atoms with Crippen molar-refractivity contribution < 1.29 is 9.52 Å². The summed E-state index contributed by atoms with van der Waals surface area (Å²) in [5, 5.41) is 12.7. The summed E-state index contributed by atoms with van der Waals surface area (Å²) >= 11 is 0. The van der Waals surface area contributed by atoms with E-state index in [0.29, 0.717) is 6.04 Å². The van der Waals surface area contributed by atoms with Gasteiger partial charge < -0.3 is 14.8 Å². The lowest BCUT2D eigenvalue weighted by atomic mass is 9.93. The molecule has 1 aromatic rings. The predicted molar refractivity (Wildman–Crippen MR) is 71.3 cm³/mol. The van der Waals surface area contributed by atoms with Crippen molar-refractivity contribution in [2.75, 3.05) is 26.2 Å². The summed E-state index contributed by atoms with van der Waals surface area (Å²) in [4.78, 5) is 2.42. The lowest BCUT2D eigenvalue weighted by molar-refractivity contribution is 0.176. The van der Waals surface area contributed by atoms with Crippen molar-refractivity contribution >= 4 is 0 Å². The monoisotopic (exact) mass is 252 g/mol. The van der Waals surface area contributed by atoms with Gasteiger partial charge >= 0.3 is 0 Å². The van der Waals surface area contributed by atoms with E-state index in [1.54, 1.807) is 6.26 Å². The normalized spacial score (nSPS) is 24.9. The molecule has 0 saturated carbocycles. The summed E-state index contributed by atoms with van der Waals surface area (Å²) in [5.74, 6) is 1.01. The van der Waals surface area contributed by atoms with Crippen molar-refractivity contribution in [1.29, 1.82) is 0 Å². The molecule has 1 unspecified atom stereocenters. The molecule has 1 aromatic heterocycles. The number of hydrogen-bond donors (Lipinski definition) is 2. The first kappa shape index (κ1) is 13.6. The molecule has 2 rings (SSSR count). The highest BCUT2D eigenvalue weighted by atomic mass is 16.3. The van der Waals surface area contributed by atoms with E-state index in [4.69, 9.17) is 9.52 Å². The molecule has 102 valence electrons. The van der Waals surface area contributed by atoms with Crippen molar-refractivity contribution in [3.05, 3.63) is 24.2 Å². The first-order chi connectivity index (χ1) is 8.59. The molecule has 1 aliphatic rings. The Kier molecular flexibility index (Phi) is 4.43. The second-order valence-electron chi connectivity index (χ2n) is 6.00. The minimum atomic E-state index is 0.243. The maximum absolute atomic E-state index is 9.11. The first-order valence-electron chi connectivity index (χ1n) is 6.68. The van der Waals surface area contributed by atoms with Crippen LogP contribution in [0.3, 0.4) is 0 Å². The number of furan rings is 1. The van der Waals surface area contributed by atoms with Gasteiger partial charge in [-0.15, -0.1) is 0 Å². The van der Waals surface area contributed by atoms with Gasteiger partial charge in [0.25, 0.3) is 0 Å². The zero-order chi connectivity index (χ0) is 13.0. The fourth-order valence-corrected chi connectivity index (χ4v) is 2.62. The molecule has 4 heteroatoms. The standard InChI is InChI=1S/C14H24N2O2/c1-14(2)10-15-12(5-6-17)8-16(11-14)9-13-4-3-7-18-13/h3-4,7,12,15,17H,5-6,8-11H2,1-2H3. The van der Waals surface area contributed by atoms with Crippen molar-refractivity contribution in [1.82, 2.24) is 10.2 Å². The Balaban J connectivity index is 2.01. The Morgan fingerprint density at radius 3 is 3.06 bits per heavy atom. The van der Waals surface area contributed by atoms with Crippen molar-refractivity contribution in [3.8, 4) is 0 Å². The van der Waals surface area contributed by atoms with Gasteiger partial charge in [-0.3, -0.25) is 4.90 Å². The Bertz CT molecular complexity index is 349. The molecule has 0 bridgehead atoms. The van der Waals surface area contributed by atoms with Crippen LogP contribution in [0, 0.1) is 5.41 Å². The molecule has 2 heterocycles. The topological polar surface area (TPSA) is 48.6 Å². The quantitative estimate of drug-likeness (QED) is 0.852. The third-order valence-corrected chi connectivity index (χ3v) is 3.44. The van der Waals surface area contributed by atoms with Crippen LogP contribution in [0.2, 0.25) is 0 Å². The highest BCUT2D eigenvalue weighted by Crippen LogP contribution is 2.21. The average molecular weight is 252 g/mol. The molecule has 2 N–H and O–H groups in total. The first-order valence-corrected chi connectivity index (χ1v) is 6.68. The number of aliphatic hydroxyl groups excluding tert-OH is 1. The van der Waals surface area contributed by atoms with Gasteiger partial charge in [-0.2, -0.15) is 0 Å². The summed E-state index contributed by atoms with van der Waals surface area (Å²) in [6.07, 6.45) is 2.53. The van der Waals surface area contributed by atoms with E-state index in [1.165, 1.54) is 0 Å². The van der Waals surface area contributed by atoms with Gasteiger partial charge in [0.15, 0.2) is 0 Å². The van der Waals surface area contributed by atoms with Crippen LogP contribution in [0.15, 0.2) is 22.8 Å². The minimum absolute atomic E-state index is 0.243. The zero-order valence-electron chi connectivity index (χ0n) is 11.4. The molecule has 1 atom stereocenters. The van der Waals surface area contributed by atoms with E-state index in [9.17, 15) is 0 Å². The van der Waals surface area contributed by atoms with Crippen molar-refractivity contribution in [2.45, 2.75) is 32.9 Å². The molecule has 1 fully saturated rings. The highest BCUT2D eigenvalue weighted by Gasteiger charge is 2.28. The highest BCUT2D eigenvalue weighted by molar-refractivity contribution is 4.99. The molecule has 4 nitrogen and oxygen atoms in total. The third kappa shape index (κ3) is 3.83. The molecule has 1 saturated heterocycles. The smallest absolute Gasteiger partial charge is 0.117 e. The van der Waals surface area contributed by atoms with Gasteiger partial charge in [-0.25, -0.2) is 0 Å². The molecule has 0 aromatic carbocycles. The van der Waals surface area contributed by atoms with Crippen LogP contribution in [0.4, 0.5) is 0 Å². The van der Waals surface area contributed by atoms with Gasteiger partial charge in [0.1, 0.15) is 5.76 Å². The number of aliphatic hydroxyl groups is 1. The largest absolute Gasteiger partial charge is 0.468 e. The molecular weight excluding hydrogens is 228 g/mol. The molecule has 1 aliphatic heterocycles. The van der Waals surface area contributed by atoms with E-state index in [0.717, 1.165) is 38.4 Å². The van der Waals surface area contributed by atoms with Gasteiger partial charge in [0, 0.05) is 32.3 Å². The number of hydrogen-bond acceptors (Lipinski definition) is 4. The third-order valence-electron chi connectivity index (χ3n) is 3.44. The second kappa shape index (κ2) is 5.87. The van der Waals surface area contributed by atoms with Crippen LogP contribution >= 0.6 is 0 Å². The number of rotatable bonds is 4. The Morgan fingerprint density at radius 1 is 1.56 bits per heavy atom. The molecule has 0 radical (unpaired) electrons. The van der Waals surface area contributed by atoms with Crippen LogP contribution in [-0.2, 0) is 6.54 Å². The zero-order valence-corrected chi connectivity index (χ0v) is 11.4. The summed E-state index contributed by atoms with van der Waals surface area (Å²) < 4.78 is 5.43. The van der Waals surface area contributed by atoms with Crippen LogP contribution < -0.4 is 5.32 Å². The van der Waals surface area contributed by atoms with Crippen LogP contribution in [-0.4, -0.2) is 42.3 Å². The van der Waals surface area contributed by atoms with Gasteiger partial charge in [-0.05, 0) is 24.0 Å². The summed E-state index contributed by atoms with van der Waals surface area (Å²) in [5.41, 5.74) is 0.247. The van der Waals surface area contributed by atoms with Crippen LogP contribution in [0.1, 0.15) is 26.0 Å². The van der Waals surface area contributed by atoms with E-state index in [2.05, 4.69) is 24.1 Å². The van der Waals surface area contributed by atoms with Gasteiger partial charge in [0.2, 0.25) is 0 Å². The Labute approximate surface area is 109 Å². The average Bonchev–Trinajstić information content (AvgIpc) is 2.73. The molecular formula is C14H24N2O2. The maximum Gasteiger partial charge on any atom is 0.117 e. The molecule has 18 heavy (non-hydrogen) atoms. The summed E-state index contributed by atoms with van der Waals surface area (Å²) in [7, 11) is 0. The van der Waals surface area contributed by atoms with Gasteiger partial charge in [0.05, 0.1) is 12.8 Å². The second-order valence-corrected chi connectivity index (χ2v) is 6.00. The predicted octanol–water partition coefficient (Wildman–Crippen LogP) is 1.46. The van der Waals surface area contributed by atoms with Crippen molar-refractivity contribution in [3.63, 3.8) is 0 Å². The number of nitrogens with one attached hydrogen (secondary N) is 1. The summed E-state index contributed by atoms with van der Waals surface area (Å²) in [6.45, 7) is 8.64. The SMILES string of the molecule is CC1(C)CNC(CCO)CN(Cc2ccco2)C1. The Morgan fingerprint density at radius 2 is 2.39 bits per heavy atom. The Hall–Kier alpha value is -0.840. The van der Waals surface area contributed by atoms with E-state index >= 15 is 0 Å². The van der Waals surface area contributed by atoms with Crippen LogP contribution in [0.5, 0.6) is 0 Å². The fraction of sp³-hybridized carbons (Fsp3) is 0.714. The van der Waals surface area contributed by atoms with E-state index in [-0.39, 0.29) is 12.0 Å². The minimum Gasteiger partial charge on any atom is -0.468 e. The fourth-order valence-electron chi connectivity index (χ4n) is 2.62. The van der Waals surface area contributed by atoms with Crippen LogP contribution in [0.25, 0.3) is 0 Å². The molecule has 0 aliphatic carbocycles. The van der Waals surface area contributed by atoms with E-state index in [1.807, 2.05) is 12.1 Å². The summed E-state index contributed by atoms with van der Waals surface area (Å²) in [6, 6.07) is 4.32. The van der Waals surface area contributed by atoms with Gasteiger partial charge in [-0.1, -0.05) is 13.8 Å². The van der Waals surface area contributed by atoms with E-state index < -0.39 is 0 Å². The molecule has 0 spiro atoms. The lowest BCUT2D eigenvalue weighted by Gasteiger charge is -2.28. The number of nitrogens with zero attached hydrogens (tertiary/aromatic N) is 1. The maximum atomic E-state index is 9.11. The molecule has 0 amide bonds. The lowest BCUT2D eigenvalue weighted by Crippen LogP contribution is -2.38. The van der Waals surface area contributed by atoms with Crippen molar-refractivity contribution in [2.24, 2.45) is 5.41 Å².